The maximum Gasteiger partial charge on any atom is 0.236 e. The van der Waals surface area contributed by atoms with Crippen molar-refractivity contribution >= 4 is 18.3 Å². The van der Waals surface area contributed by atoms with Crippen LogP contribution in [0.5, 0.6) is 0 Å². The highest BCUT2D eigenvalue weighted by molar-refractivity contribution is 5.85. The van der Waals surface area contributed by atoms with Gasteiger partial charge in [-0.15, -0.1) is 12.4 Å². The Kier molecular flexibility index (Phi) is 5.89. The lowest BCUT2D eigenvalue weighted by Gasteiger charge is -2.25. The van der Waals surface area contributed by atoms with Gasteiger partial charge in [0.1, 0.15) is 0 Å². The summed E-state index contributed by atoms with van der Waals surface area (Å²) in [4.78, 5) is 16.3. The molecule has 2 heterocycles. The van der Waals surface area contributed by atoms with Gasteiger partial charge >= 0.3 is 0 Å². The molecule has 2 fully saturated rings. The maximum absolute atomic E-state index is 12.0. The fourth-order valence-electron chi connectivity index (χ4n) is 3.17. The lowest BCUT2D eigenvalue weighted by molar-refractivity contribution is -0.131. The number of amides is 1. The molecule has 0 radical (unpaired) electrons. The smallest absolute Gasteiger partial charge is 0.236 e. The van der Waals surface area contributed by atoms with Crippen LogP contribution in [0, 0.1) is 5.41 Å². The van der Waals surface area contributed by atoms with Crippen LogP contribution in [0.3, 0.4) is 0 Å². The molecule has 0 saturated carbocycles. The molecule has 2 rings (SSSR count). The summed E-state index contributed by atoms with van der Waals surface area (Å²) in [5.74, 6) is 0.290. The van der Waals surface area contributed by atoms with Crippen LogP contribution in [-0.2, 0) is 4.79 Å². The first-order chi connectivity index (χ1) is 8.19. The highest BCUT2D eigenvalue weighted by Gasteiger charge is 2.40. The molecule has 5 heteroatoms. The molecule has 0 aromatic rings. The molecule has 0 bridgehead atoms. The number of halogens is 1. The quantitative estimate of drug-likeness (QED) is 0.830. The minimum Gasteiger partial charge on any atom is -0.342 e. The molecular weight excluding hydrogens is 250 g/mol. The molecule has 2 aliphatic heterocycles. The number of likely N-dealkylation sites (N-methyl/N-ethyl adjacent to an activating group) is 1. The number of nitrogens with one attached hydrogen (secondary N) is 1. The van der Waals surface area contributed by atoms with Gasteiger partial charge in [-0.2, -0.15) is 0 Å². The van der Waals surface area contributed by atoms with E-state index in [4.69, 9.17) is 0 Å². The zero-order valence-electron chi connectivity index (χ0n) is 11.6. The molecule has 1 spiro atoms. The molecule has 106 valence electrons. The van der Waals surface area contributed by atoms with E-state index < -0.39 is 0 Å². The van der Waals surface area contributed by atoms with Crippen LogP contribution in [0.15, 0.2) is 0 Å². The molecule has 4 nitrogen and oxygen atoms in total. The first kappa shape index (κ1) is 15.7. The number of carbonyl (C=O) groups is 1. The summed E-state index contributed by atoms with van der Waals surface area (Å²) in [5, 5.41) is 3.45. The van der Waals surface area contributed by atoms with Crippen LogP contribution in [0.4, 0.5) is 0 Å². The molecule has 1 N–H and O–H groups in total. The lowest BCUT2D eigenvalue weighted by Crippen LogP contribution is -2.40. The number of hydrogen-bond acceptors (Lipinski definition) is 3. The van der Waals surface area contributed by atoms with Crippen LogP contribution in [0.1, 0.15) is 26.7 Å². The highest BCUT2D eigenvalue weighted by Crippen LogP contribution is 2.35. The van der Waals surface area contributed by atoms with Crippen LogP contribution < -0.4 is 5.32 Å². The van der Waals surface area contributed by atoms with Crippen molar-refractivity contribution in [2.24, 2.45) is 5.41 Å². The topological polar surface area (TPSA) is 35.6 Å². The molecule has 1 amide bonds. The Labute approximate surface area is 116 Å². The van der Waals surface area contributed by atoms with Crippen molar-refractivity contribution in [1.82, 2.24) is 15.1 Å². The van der Waals surface area contributed by atoms with Crippen molar-refractivity contribution in [3.05, 3.63) is 0 Å². The molecular formula is C13H26ClN3O. The summed E-state index contributed by atoms with van der Waals surface area (Å²) < 4.78 is 0. The van der Waals surface area contributed by atoms with E-state index in [1.807, 2.05) is 18.7 Å². The van der Waals surface area contributed by atoms with Crippen LogP contribution in [0.25, 0.3) is 0 Å². The van der Waals surface area contributed by atoms with Gasteiger partial charge in [0, 0.05) is 26.2 Å². The van der Waals surface area contributed by atoms with Gasteiger partial charge in [0.05, 0.1) is 6.54 Å². The predicted molar refractivity (Wildman–Crippen MR) is 76.2 cm³/mol. The van der Waals surface area contributed by atoms with Crippen molar-refractivity contribution in [3.63, 3.8) is 0 Å². The van der Waals surface area contributed by atoms with Gasteiger partial charge in [0.15, 0.2) is 0 Å². The molecule has 2 saturated heterocycles. The minimum absolute atomic E-state index is 0. The standard InChI is InChI=1S/C13H25N3O.ClH/c1-3-16(4-2)12(17)9-15-8-6-13(11-15)5-7-14-10-13;/h14H,3-11H2,1-2H3;1H. The molecule has 0 aromatic carbocycles. The van der Waals surface area contributed by atoms with Crippen molar-refractivity contribution in [1.29, 1.82) is 0 Å². The van der Waals surface area contributed by atoms with Gasteiger partial charge in [-0.05, 0) is 45.2 Å². The van der Waals surface area contributed by atoms with E-state index in [-0.39, 0.29) is 18.3 Å². The summed E-state index contributed by atoms with van der Waals surface area (Å²) in [6, 6.07) is 0. The zero-order valence-corrected chi connectivity index (χ0v) is 12.4. The van der Waals surface area contributed by atoms with Gasteiger partial charge < -0.3 is 10.2 Å². The minimum atomic E-state index is 0. The normalized spacial score (nSPS) is 27.4. The van der Waals surface area contributed by atoms with Gasteiger partial charge in [0.25, 0.3) is 0 Å². The van der Waals surface area contributed by atoms with E-state index in [1.165, 1.54) is 12.8 Å². The molecule has 18 heavy (non-hydrogen) atoms. The van der Waals surface area contributed by atoms with Gasteiger partial charge in [-0.1, -0.05) is 0 Å². The monoisotopic (exact) mass is 275 g/mol. The largest absolute Gasteiger partial charge is 0.342 e. The number of carbonyl (C=O) groups excluding carboxylic acids is 1. The van der Waals surface area contributed by atoms with Crippen LogP contribution >= 0.6 is 12.4 Å². The fraction of sp³-hybridized carbons (Fsp3) is 0.923. The third-order valence-electron chi connectivity index (χ3n) is 4.32. The first-order valence-corrected chi connectivity index (χ1v) is 6.90. The summed E-state index contributed by atoms with van der Waals surface area (Å²) in [6.07, 6.45) is 2.54. The lowest BCUT2D eigenvalue weighted by atomic mass is 9.87. The second-order valence-corrected chi connectivity index (χ2v) is 5.45. The molecule has 1 unspecified atom stereocenters. The van der Waals surface area contributed by atoms with Crippen LogP contribution in [0.2, 0.25) is 0 Å². The SMILES string of the molecule is CCN(CC)C(=O)CN1CCC2(CCNC2)C1.Cl. The molecule has 0 aromatic heterocycles. The van der Waals surface area contributed by atoms with Crippen molar-refractivity contribution in [2.45, 2.75) is 26.7 Å². The second kappa shape index (κ2) is 6.73. The number of likely N-dealkylation sites (tertiary alicyclic amines) is 1. The molecule has 1 atom stereocenters. The number of hydrogen-bond donors (Lipinski definition) is 1. The number of rotatable bonds is 4. The Morgan fingerprint density at radius 2 is 2.06 bits per heavy atom. The average molecular weight is 276 g/mol. The van der Waals surface area contributed by atoms with Gasteiger partial charge in [0.2, 0.25) is 5.91 Å². The average Bonchev–Trinajstić information content (AvgIpc) is 2.92. The van der Waals surface area contributed by atoms with E-state index in [9.17, 15) is 4.79 Å². The predicted octanol–water partition coefficient (Wildman–Crippen LogP) is 0.962. The third kappa shape index (κ3) is 3.37. The Bertz CT molecular complexity index is 275. The van der Waals surface area contributed by atoms with E-state index >= 15 is 0 Å². The first-order valence-electron chi connectivity index (χ1n) is 6.90. The van der Waals surface area contributed by atoms with Gasteiger partial charge in [-0.3, -0.25) is 9.69 Å². The van der Waals surface area contributed by atoms with Crippen molar-refractivity contribution < 1.29 is 4.79 Å². The second-order valence-electron chi connectivity index (χ2n) is 5.45. The van der Waals surface area contributed by atoms with E-state index in [0.29, 0.717) is 12.0 Å². The van der Waals surface area contributed by atoms with E-state index in [1.54, 1.807) is 0 Å². The summed E-state index contributed by atoms with van der Waals surface area (Å²) in [7, 11) is 0. The van der Waals surface area contributed by atoms with Crippen molar-refractivity contribution in [2.75, 3.05) is 45.8 Å². The van der Waals surface area contributed by atoms with E-state index in [2.05, 4.69) is 10.2 Å². The zero-order chi connectivity index (χ0) is 12.3. The summed E-state index contributed by atoms with van der Waals surface area (Å²) >= 11 is 0. The van der Waals surface area contributed by atoms with Crippen molar-refractivity contribution in [3.8, 4) is 0 Å². The Morgan fingerprint density at radius 3 is 2.61 bits per heavy atom. The Balaban J connectivity index is 0.00000162. The Morgan fingerprint density at radius 1 is 1.33 bits per heavy atom. The number of nitrogens with zero attached hydrogens (tertiary/aromatic N) is 2. The Hall–Kier alpha value is -0.320. The highest BCUT2D eigenvalue weighted by atomic mass is 35.5. The third-order valence-corrected chi connectivity index (χ3v) is 4.32. The van der Waals surface area contributed by atoms with E-state index in [0.717, 1.165) is 39.3 Å². The maximum atomic E-state index is 12.0. The summed E-state index contributed by atoms with van der Waals surface area (Å²) in [6.45, 7) is 10.9. The van der Waals surface area contributed by atoms with Crippen LogP contribution in [-0.4, -0.2) is 61.5 Å². The van der Waals surface area contributed by atoms with Gasteiger partial charge in [-0.25, -0.2) is 0 Å². The molecule has 0 aliphatic carbocycles. The molecule has 2 aliphatic rings. The fourth-order valence-corrected chi connectivity index (χ4v) is 3.17. The summed E-state index contributed by atoms with van der Waals surface area (Å²) in [5.41, 5.74) is 0.476.